The van der Waals surface area contributed by atoms with Crippen LogP contribution in [0.4, 0.5) is 5.69 Å². The minimum atomic E-state index is 0.0314. The van der Waals surface area contributed by atoms with Crippen molar-refractivity contribution in [2.24, 2.45) is 0 Å². The van der Waals surface area contributed by atoms with Crippen LogP contribution in [0, 0.1) is 0 Å². The molecule has 0 unspecified atom stereocenters. The number of carbonyl (C=O) groups excluding carboxylic acids is 2. The molecule has 3 aliphatic rings. The monoisotopic (exact) mass is 406 g/mol. The number of fused-ring (bicyclic) bond motifs is 1. The van der Waals surface area contributed by atoms with E-state index in [2.05, 4.69) is 0 Å². The number of hydrogen-bond acceptors (Lipinski definition) is 4. The molecule has 0 radical (unpaired) electrons. The van der Waals surface area contributed by atoms with Crippen molar-refractivity contribution in [1.82, 2.24) is 4.90 Å². The Bertz CT molecular complexity index is 956. The van der Waals surface area contributed by atoms with Crippen LogP contribution in [0.15, 0.2) is 42.5 Å². The van der Waals surface area contributed by atoms with E-state index >= 15 is 0 Å². The molecule has 2 aromatic carbocycles. The first-order chi connectivity index (χ1) is 14.7. The second-order valence-corrected chi connectivity index (χ2v) is 8.11. The minimum Gasteiger partial charge on any atom is -0.490 e. The highest BCUT2D eigenvalue weighted by molar-refractivity contribution is 5.97. The van der Waals surface area contributed by atoms with Gasteiger partial charge in [0.25, 0.3) is 5.91 Å². The Morgan fingerprint density at radius 3 is 2.47 bits per heavy atom. The van der Waals surface area contributed by atoms with Crippen LogP contribution in [0.1, 0.15) is 54.1 Å². The highest BCUT2D eigenvalue weighted by atomic mass is 16.5. The maximum atomic E-state index is 13.3. The van der Waals surface area contributed by atoms with Crippen molar-refractivity contribution in [3.05, 3.63) is 53.6 Å². The van der Waals surface area contributed by atoms with Crippen LogP contribution in [0.3, 0.4) is 0 Å². The van der Waals surface area contributed by atoms with Gasteiger partial charge in [0.1, 0.15) is 0 Å². The van der Waals surface area contributed by atoms with E-state index in [0.717, 1.165) is 61.5 Å². The lowest BCUT2D eigenvalue weighted by Crippen LogP contribution is -2.30. The van der Waals surface area contributed by atoms with Gasteiger partial charge in [-0.2, -0.15) is 0 Å². The van der Waals surface area contributed by atoms with E-state index in [0.29, 0.717) is 25.2 Å². The zero-order valence-corrected chi connectivity index (χ0v) is 17.0. The Kier molecular flexibility index (Phi) is 5.07. The predicted molar refractivity (Wildman–Crippen MR) is 113 cm³/mol. The van der Waals surface area contributed by atoms with E-state index in [-0.39, 0.29) is 17.9 Å². The van der Waals surface area contributed by atoms with Crippen molar-refractivity contribution < 1.29 is 19.1 Å². The Hall–Kier alpha value is -3.02. The quantitative estimate of drug-likeness (QED) is 0.774. The summed E-state index contributed by atoms with van der Waals surface area (Å²) < 4.78 is 11.6. The van der Waals surface area contributed by atoms with Crippen molar-refractivity contribution in [3.63, 3.8) is 0 Å². The molecule has 2 amide bonds. The molecule has 3 heterocycles. The molecule has 2 aromatic rings. The van der Waals surface area contributed by atoms with Gasteiger partial charge in [0.05, 0.1) is 19.3 Å². The lowest BCUT2D eigenvalue weighted by molar-refractivity contribution is -0.117. The number of ether oxygens (including phenoxy) is 2. The van der Waals surface area contributed by atoms with Crippen LogP contribution in [0.25, 0.3) is 0 Å². The third-order valence-corrected chi connectivity index (χ3v) is 6.17. The molecule has 3 aliphatic heterocycles. The van der Waals surface area contributed by atoms with Crippen molar-refractivity contribution in [2.75, 3.05) is 31.2 Å². The molecule has 0 N–H and O–H groups in total. The lowest BCUT2D eigenvalue weighted by Gasteiger charge is -2.26. The van der Waals surface area contributed by atoms with Crippen LogP contribution < -0.4 is 14.4 Å². The highest BCUT2D eigenvalue weighted by Crippen LogP contribution is 2.38. The van der Waals surface area contributed by atoms with Crippen LogP contribution in [-0.4, -0.2) is 43.0 Å². The molecule has 0 spiro atoms. The first kappa shape index (κ1) is 19.0. The van der Waals surface area contributed by atoms with Gasteiger partial charge < -0.3 is 19.3 Å². The van der Waals surface area contributed by atoms with Gasteiger partial charge in [-0.1, -0.05) is 6.07 Å². The molecular weight excluding hydrogens is 380 g/mol. The number of amides is 2. The van der Waals surface area contributed by atoms with Crippen molar-refractivity contribution in [1.29, 1.82) is 0 Å². The minimum absolute atomic E-state index is 0.0314. The lowest BCUT2D eigenvalue weighted by atomic mass is 10.0. The fraction of sp³-hybridized carbons (Fsp3) is 0.417. The van der Waals surface area contributed by atoms with Gasteiger partial charge in [-0.05, 0) is 61.2 Å². The van der Waals surface area contributed by atoms with Crippen molar-refractivity contribution >= 4 is 17.5 Å². The standard InChI is InChI=1S/C24H26N2O4/c27-23-5-2-12-25(23)19-9-6-17(7-10-19)24(28)26-13-1-4-20(26)18-8-11-21-22(16-18)30-15-3-14-29-21/h6-11,16,20H,1-5,12-15H2/t20-/m0/s1. The number of likely N-dealkylation sites (tertiary alicyclic amines) is 1. The number of nitrogens with zero attached hydrogens (tertiary/aromatic N) is 2. The maximum Gasteiger partial charge on any atom is 0.254 e. The van der Waals surface area contributed by atoms with Gasteiger partial charge in [-0.25, -0.2) is 0 Å². The average Bonchev–Trinajstić information content (AvgIpc) is 3.37. The average molecular weight is 406 g/mol. The SMILES string of the molecule is O=C1CCCN1c1ccc(C(=O)N2CCC[C@H]2c2ccc3c(c2)OCCCO3)cc1. The second-order valence-electron chi connectivity index (χ2n) is 8.11. The molecule has 0 aromatic heterocycles. The highest BCUT2D eigenvalue weighted by Gasteiger charge is 2.31. The fourth-order valence-electron chi connectivity index (χ4n) is 4.61. The zero-order valence-electron chi connectivity index (χ0n) is 17.0. The summed E-state index contributed by atoms with van der Waals surface area (Å²) in [6, 6.07) is 13.5. The van der Waals surface area contributed by atoms with Gasteiger partial charge in [0.2, 0.25) is 5.91 Å². The first-order valence-corrected chi connectivity index (χ1v) is 10.8. The van der Waals surface area contributed by atoms with E-state index in [4.69, 9.17) is 9.47 Å². The molecule has 6 heteroatoms. The zero-order chi connectivity index (χ0) is 20.5. The molecule has 30 heavy (non-hydrogen) atoms. The van der Waals surface area contributed by atoms with Gasteiger partial charge in [0.15, 0.2) is 11.5 Å². The molecular formula is C24H26N2O4. The number of benzene rings is 2. The normalized spacial score (nSPS) is 21.1. The third-order valence-electron chi connectivity index (χ3n) is 6.17. The molecule has 6 nitrogen and oxygen atoms in total. The summed E-state index contributed by atoms with van der Waals surface area (Å²) in [7, 11) is 0. The third kappa shape index (κ3) is 3.51. The fourth-order valence-corrected chi connectivity index (χ4v) is 4.61. The molecule has 2 fully saturated rings. The van der Waals surface area contributed by atoms with Crippen molar-refractivity contribution in [3.8, 4) is 11.5 Å². The smallest absolute Gasteiger partial charge is 0.254 e. The molecule has 2 saturated heterocycles. The summed E-state index contributed by atoms with van der Waals surface area (Å²) in [6.07, 6.45) is 4.28. The van der Waals surface area contributed by atoms with Gasteiger partial charge in [-0.15, -0.1) is 0 Å². The summed E-state index contributed by atoms with van der Waals surface area (Å²) in [6.45, 7) is 2.81. The van der Waals surface area contributed by atoms with Gasteiger partial charge in [0, 0.05) is 37.2 Å². The van der Waals surface area contributed by atoms with Gasteiger partial charge >= 0.3 is 0 Å². The van der Waals surface area contributed by atoms with E-state index < -0.39 is 0 Å². The number of carbonyl (C=O) groups is 2. The number of hydrogen-bond donors (Lipinski definition) is 0. The van der Waals surface area contributed by atoms with Crippen LogP contribution >= 0.6 is 0 Å². The maximum absolute atomic E-state index is 13.3. The van der Waals surface area contributed by atoms with Crippen LogP contribution in [0.5, 0.6) is 11.5 Å². The molecule has 5 rings (SSSR count). The number of anilines is 1. The second kappa shape index (κ2) is 8.01. The van der Waals surface area contributed by atoms with Gasteiger partial charge in [-0.3, -0.25) is 9.59 Å². The van der Waals surface area contributed by atoms with Crippen LogP contribution in [0.2, 0.25) is 0 Å². The molecule has 0 bridgehead atoms. The van der Waals surface area contributed by atoms with Crippen molar-refractivity contribution in [2.45, 2.75) is 38.1 Å². The van der Waals surface area contributed by atoms with Crippen LogP contribution in [-0.2, 0) is 4.79 Å². The van der Waals surface area contributed by atoms with E-state index in [1.807, 2.05) is 47.4 Å². The molecule has 156 valence electrons. The summed E-state index contributed by atoms with van der Waals surface area (Å²) in [5.41, 5.74) is 2.62. The van der Waals surface area contributed by atoms with E-state index in [1.54, 1.807) is 4.90 Å². The molecule has 1 atom stereocenters. The Morgan fingerprint density at radius 2 is 1.70 bits per heavy atom. The summed E-state index contributed by atoms with van der Waals surface area (Å²) in [5, 5.41) is 0. The van der Waals surface area contributed by atoms with E-state index in [9.17, 15) is 9.59 Å². The van der Waals surface area contributed by atoms with E-state index in [1.165, 1.54) is 0 Å². The Morgan fingerprint density at radius 1 is 0.900 bits per heavy atom. The molecule has 0 saturated carbocycles. The Balaban J connectivity index is 1.35. The number of rotatable bonds is 3. The Labute approximate surface area is 176 Å². The summed E-state index contributed by atoms with van der Waals surface area (Å²) in [5.74, 6) is 1.73. The topological polar surface area (TPSA) is 59.1 Å². The summed E-state index contributed by atoms with van der Waals surface area (Å²) in [4.78, 5) is 29.0. The first-order valence-electron chi connectivity index (χ1n) is 10.8. The predicted octanol–water partition coefficient (Wildman–Crippen LogP) is 3.95. The largest absolute Gasteiger partial charge is 0.490 e. The summed E-state index contributed by atoms with van der Waals surface area (Å²) >= 11 is 0. The molecule has 0 aliphatic carbocycles.